The number of para-hydroxylation sites is 1. The van der Waals surface area contributed by atoms with Gasteiger partial charge >= 0.3 is 11.9 Å². The van der Waals surface area contributed by atoms with Crippen LogP contribution in [0.2, 0.25) is 0 Å². The number of guanidine groups is 2. The third-order valence-electron chi connectivity index (χ3n) is 18.3. The van der Waals surface area contributed by atoms with Gasteiger partial charge in [-0.2, -0.15) is 12.6 Å². The van der Waals surface area contributed by atoms with Crippen molar-refractivity contribution in [1.29, 1.82) is 0 Å². The Bertz CT molecular complexity index is 3670. The number of aromatic amines is 1. The zero-order valence-electron chi connectivity index (χ0n) is 63.4. The third kappa shape index (κ3) is 31.1. The molecule has 0 aliphatic carbocycles. The van der Waals surface area contributed by atoms with Crippen LogP contribution in [0.4, 0.5) is 0 Å². The van der Waals surface area contributed by atoms with E-state index in [0.29, 0.717) is 17.5 Å². The maximum atomic E-state index is 15.0. The Morgan fingerprint density at radius 3 is 1.40 bits per heavy atom. The number of aliphatic hydroxyl groups is 2. The first-order chi connectivity index (χ1) is 51.9. The standard InChI is InChI=1S/C71H112N20O18S/c1-10-36(6)53(72)65(104)80-32-51(94)81-47(29-41-31-79-43-23-17-16-22-42(41)43)60(99)82-44(24-18-26-77-70(73)74)58(97)84-46(28-40-20-14-13-15-21-40)61(100)90-55(37(7)11-2)66(105)83-45(25-19-27-78-71(75)76)59(98)89-56(38(8)12-3)67(106)85-48(30-52(95)96)62(101)91-57(39(9)93)68(107)86-49(33-92)63(102)87-50(34-110)64(103)88-54(35(4)5)69(108)109/h13-17,20-23,31,35-39,44-50,53-57,79,92-93,110H,10-12,18-19,24-30,32-34,72H2,1-9H3,(H,80,104)(H,81,94)(H,82,99)(H,83,105)(H,84,97)(H,85,106)(H,86,107)(H,87,102)(H,88,103)(H,89,98)(H,90,100)(H,91,101)(H,95,96)(H,108,109)(H4,73,74,77)(H4,75,76,78)/t36-,37-,38-,39+,44-,45-,46-,47-,48-,49-,50-,53-,54-,55-,56-,57-/m0/s1. The molecule has 1 aromatic heterocycles. The van der Waals surface area contributed by atoms with E-state index >= 15 is 4.79 Å². The van der Waals surface area contributed by atoms with Crippen molar-refractivity contribution in [1.82, 2.24) is 68.8 Å². The molecule has 0 radical (unpaired) electrons. The van der Waals surface area contributed by atoms with Gasteiger partial charge < -0.3 is 118 Å². The Balaban J connectivity index is 2.02. The molecule has 0 bridgehead atoms. The van der Waals surface area contributed by atoms with Crippen LogP contribution in [0.25, 0.3) is 10.9 Å². The van der Waals surface area contributed by atoms with Gasteiger partial charge in [0.2, 0.25) is 70.9 Å². The molecule has 3 aromatic rings. The lowest BCUT2D eigenvalue weighted by atomic mass is 9.95. The zero-order valence-corrected chi connectivity index (χ0v) is 64.3. The van der Waals surface area contributed by atoms with Crippen molar-refractivity contribution in [2.24, 2.45) is 62.3 Å². The van der Waals surface area contributed by atoms with Gasteiger partial charge in [0.25, 0.3) is 0 Å². The monoisotopic (exact) mass is 1560 g/mol. The highest BCUT2D eigenvalue weighted by molar-refractivity contribution is 7.80. The van der Waals surface area contributed by atoms with Crippen LogP contribution < -0.4 is 92.5 Å². The van der Waals surface area contributed by atoms with Crippen LogP contribution in [0.3, 0.4) is 0 Å². The second-order valence-electron chi connectivity index (χ2n) is 27.3. The maximum absolute atomic E-state index is 15.0. The molecule has 38 nitrogen and oxygen atoms in total. The van der Waals surface area contributed by atoms with Gasteiger partial charge in [0.15, 0.2) is 11.9 Å². The van der Waals surface area contributed by atoms with Crippen LogP contribution in [-0.2, 0) is 80.0 Å². The number of rotatable bonds is 49. The molecule has 2 aromatic carbocycles. The van der Waals surface area contributed by atoms with Gasteiger partial charge in [-0.05, 0) is 73.5 Å². The molecule has 39 heteroatoms. The molecule has 610 valence electrons. The number of benzene rings is 2. The van der Waals surface area contributed by atoms with Crippen molar-refractivity contribution >= 4 is 118 Å². The van der Waals surface area contributed by atoms with E-state index in [2.05, 4.69) is 91.4 Å². The topological polar surface area (TPSA) is 635 Å². The maximum Gasteiger partial charge on any atom is 0.326 e. The summed E-state index contributed by atoms with van der Waals surface area (Å²) < 4.78 is 0. The molecule has 110 heavy (non-hydrogen) atoms. The number of fused-ring (bicyclic) bond motifs is 1. The summed E-state index contributed by atoms with van der Waals surface area (Å²) in [6, 6.07) is -3.12. The van der Waals surface area contributed by atoms with E-state index in [-0.39, 0.29) is 88.0 Å². The SMILES string of the molecule is CC[C@H](C)[C@H](N)C(=O)NCC(=O)N[C@@H](Cc1c[nH]c2ccccc12)C(=O)N[C@@H](CCCN=C(N)N)C(=O)N[C@@H](Cc1ccccc1)C(=O)N[C@H](C(=O)N[C@@H](CCCN=C(N)N)C(=O)N[C@H](C(=O)N[C@@H](CC(=O)O)C(=O)N[C@H](C(=O)N[C@@H](CO)C(=O)N[C@@H](CS)C(=O)N[C@H](C(=O)O)C(C)C)[C@@H](C)O)[C@@H](C)CC)[C@@H](C)CC. The van der Waals surface area contributed by atoms with E-state index in [0.717, 1.165) is 17.8 Å². The number of aliphatic hydroxyl groups excluding tert-OH is 2. The number of H-pyrrole nitrogens is 1. The Kier molecular flexibility index (Phi) is 40.2. The number of carbonyl (C=O) groups excluding carboxylic acids is 12. The highest BCUT2D eigenvalue weighted by atomic mass is 32.1. The molecule has 0 aliphatic heterocycles. The number of carboxylic acids is 2. The van der Waals surface area contributed by atoms with E-state index in [1.165, 1.54) is 20.8 Å². The van der Waals surface area contributed by atoms with Gasteiger partial charge in [0.1, 0.15) is 66.5 Å². The Labute approximate surface area is 643 Å². The molecule has 27 N–H and O–H groups in total. The summed E-state index contributed by atoms with van der Waals surface area (Å²) >= 11 is 4.05. The number of aliphatic imine (C=N–C) groups is 2. The van der Waals surface area contributed by atoms with Gasteiger partial charge in [-0.15, -0.1) is 0 Å². The summed E-state index contributed by atoms with van der Waals surface area (Å²) in [6.45, 7) is 12.4. The summed E-state index contributed by atoms with van der Waals surface area (Å²) in [5, 5.41) is 71.0. The van der Waals surface area contributed by atoms with Crippen LogP contribution in [0, 0.1) is 23.7 Å². The number of aliphatic carboxylic acids is 2. The van der Waals surface area contributed by atoms with E-state index in [1.807, 2.05) is 19.1 Å². The number of nitrogens with one attached hydrogen (secondary N) is 13. The molecule has 0 spiro atoms. The Morgan fingerprint density at radius 2 is 0.900 bits per heavy atom. The van der Waals surface area contributed by atoms with Gasteiger partial charge in [0.05, 0.1) is 31.7 Å². The highest BCUT2D eigenvalue weighted by Gasteiger charge is 2.40. The van der Waals surface area contributed by atoms with Crippen LogP contribution in [0.15, 0.2) is 70.8 Å². The van der Waals surface area contributed by atoms with Crippen molar-refractivity contribution < 1.29 is 87.5 Å². The number of amides is 12. The quantitative estimate of drug-likeness (QED) is 0.0110. The minimum atomic E-state index is -2.06. The van der Waals surface area contributed by atoms with E-state index < -0.39 is 199 Å². The smallest absolute Gasteiger partial charge is 0.326 e. The van der Waals surface area contributed by atoms with Crippen molar-refractivity contribution in [3.05, 3.63) is 71.9 Å². The average Bonchev–Trinajstić information content (AvgIpc) is 1.63. The van der Waals surface area contributed by atoms with Crippen molar-refractivity contribution in [3.8, 4) is 0 Å². The first-order valence-electron chi connectivity index (χ1n) is 36.3. The number of hydrogen-bond donors (Lipinski definition) is 23. The number of nitrogens with zero attached hydrogens (tertiary/aromatic N) is 2. The number of hydrogen-bond acceptors (Lipinski definition) is 20. The van der Waals surface area contributed by atoms with Gasteiger partial charge in [-0.1, -0.05) is 123 Å². The van der Waals surface area contributed by atoms with Crippen LogP contribution in [0.5, 0.6) is 0 Å². The fourth-order valence-electron chi connectivity index (χ4n) is 11.1. The average molecular weight is 1570 g/mol. The predicted octanol–water partition coefficient (Wildman–Crippen LogP) is -4.51. The molecule has 1 heterocycles. The molecule has 12 amide bonds. The second kappa shape index (κ2) is 47.3. The van der Waals surface area contributed by atoms with E-state index in [9.17, 15) is 82.8 Å². The zero-order chi connectivity index (χ0) is 82.6. The third-order valence-corrected chi connectivity index (χ3v) is 18.7. The lowest BCUT2D eigenvalue weighted by molar-refractivity contribution is -0.143. The highest BCUT2D eigenvalue weighted by Crippen LogP contribution is 2.21. The summed E-state index contributed by atoms with van der Waals surface area (Å²) in [5.74, 6) is -18.3. The molecule has 16 atom stereocenters. The van der Waals surface area contributed by atoms with Crippen LogP contribution in [0.1, 0.15) is 125 Å². The molecule has 0 saturated carbocycles. The van der Waals surface area contributed by atoms with Gasteiger partial charge in [-0.3, -0.25) is 72.3 Å². The van der Waals surface area contributed by atoms with Crippen molar-refractivity contribution in [3.63, 3.8) is 0 Å². The lowest BCUT2D eigenvalue weighted by Gasteiger charge is -2.31. The molecular weight excluding hydrogens is 1450 g/mol. The van der Waals surface area contributed by atoms with Crippen LogP contribution >= 0.6 is 12.6 Å². The Morgan fingerprint density at radius 1 is 0.482 bits per heavy atom. The molecule has 3 rings (SSSR count). The van der Waals surface area contributed by atoms with Crippen molar-refractivity contribution in [2.75, 3.05) is 32.0 Å². The molecule has 0 fully saturated rings. The summed E-state index contributed by atoms with van der Waals surface area (Å²) in [5.41, 5.74) is 30.4. The van der Waals surface area contributed by atoms with Gasteiger partial charge in [0, 0.05) is 48.8 Å². The molecular formula is C71H112N20O18S. The van der Waals surface area contributed by atoms with Crippen LogP contribution in [-0.4, -0.2) is 231 Å². The fourth-order valence-corrected chi connectivity index (χ4v) is 11.3. The Hall–Kier alpha value is -10.7. The summed E-state index contributed by atoms with van der Waals surface area (Å²) in [4.78, 5) is 205. The number of carboxylic acid groups (broad SMARTS) is 2. The van der Waals surface area contributed by atoms with E-state index in [4.69, 9.17) is 28.7 Å². The number of thiol groups is 1. The molecule has 0 unspecified atom stereocenters. The second-order valence-corrected chi connectivity index (χ2v) is 27.6. The number of aromatic nitrogens is 1. The van der Waals surface area contributed by atoms with Crippen molar-refractivity contribution in [2.45, 2.75) is 205 Å². The number of nitrogens with two attached hydrogens (primary N) is 5. The predicted molar refractivity (Wildman–Crippen MR) is 410 cm³/mol. The first-order valence-corrected chi connectivity index (χ1v) is 37.0. The minimum absolute atomic E-state index is 0.0110. The summed E-state index contributed by atoms with van der Waals surface area (Å²) in [6.07, 6.45) is -0.930. The number of carbonyl (C=O) groups is 14. The minimum Gasteiger partial charge on any atom is -0.481 e. The molecule has 0 saturated heterocycles. The summed E-state index contributed by atoms with van der Waals surface area (Å²) in [7, 11) is 0. The largest absolute Gasteiger partial charge is 0.481 e. The first kappa shape index (κ1) is 93.5. The van der Waals surface area contributed by atoms with E-state index in [1.54, 1.807) is 76.4 Å². The molecule has 0 aliphatic rings. The lowest BCUT2D eigenvalue weighted by Crippen LogP contribution is -2.63. The van der Waals surface area contributed by atoms with Gasteiger partial charge in [-0.25, -0.2) is 4.79 Å². The normalized spacial score (nSPS) is 15.5. The fraction of sp³-hybridized carbons (Fsp3) is 0.577.